The average molecular weight is 537 g/mol. The predicted molar refractivity (Wildman–Crippen MR) is 154 cm³/mol. The number of hydrogen-bond donors (Lipinski definition) is 2. The van der Waals surface area contributed by atoms with Gasteiger partial charge in [0.25, 0.3) is 17.7 Å². The molecule has 3 amide bonds. The Hall–Kier alpha value is -4.68. The number of carbonyl (C=O) groups is 3. The number of amides is 3. The van der Waals surface area contributed by atoms with E-state index in [9.17, 15) is 14.4 Å². The lowest BCUT2D eigenvalue weighted by Gasteiger charge is -2.37. The van der Waals surface area contributed by atoms with Crippen LogP contribution < -0.4 is 15.5 Å². The monoisotopic (exact) mass is 536 g/mol. The Morgan fingerprint density at radius 3 is 2.12 bits per heavy atom. The van der Waals surface area contributed by atoms with Gasteiger partial charge in [0.05, 0.1) is 23.0 Å². The summed E-state index contributed by atoms with van der Waals surface area (Å²) in [5.41, 5.74) is 3.40. The van der Waals surface area contributed by atoms with E-state index >= 15 is 0 Å². The second-order valence-electron chi connectivity index (χ2n) is 9.92. The SMILES string of the molecule is N#Cc1ccc(C(=O)Nc2cc(C(=O)N3CCCNCC3)ccc2N2CCN(C(=O)c3ccccc3)CC2)cc1. The molecule has 40 heavy (non-hydrogen) atoms. The maximum Gasteiger partial charge on any atom is 0.255 e. The van der Waals surface area contributed by atoms with Crippen LogP contribution in [0, 0.1) is 11.3 Å². The summed E-state index contributed by atoms with van der Waals surface area (Å²) in [4.78, 5) is 45.3. The van der Waals surface area contributed by atoms with Gasteiger partial charge in [-0.3, -0.25) is 14.4 Å². The van der Waals surface area contributed by atoms with E-state index in [1.165, 1.54) is 0 Å². The van der Waals surface area contributed by atoms with Crippen LogP contribution in [0.25, 0.3) is 0 Å². The average Bonchev–Trinajstić information content (AvgIpc) is 3.31. The molecule has 0 atom stereocenters. The van der Waals surface area contributed by atoms with Gasteiger partial charge in [-0.15, -0.1) is 0 Å². The van der Waals surface area contributed by atoms with Crippen molar-refractivity contribution in [1.29, 1.82) is 5.26 Å². The highest BCUT2D eigenvalue weighted by Gasteiger charge is 2.25. The molecule has 0 radical (unpaired) electrons. The Bertz CT molecular complexity index is 1400. The van der Waals surface area contributed by atoms with Crippen molar-refractivity contribution >= 4 is 29.1 Å². The molecule has 9 nitrogen and oxygen atoms in total. The van der Waals surface area contributed by atoms with Gasteiger partial charge in [0.2, 0.25) is 0 Å². The fourth-order valence-electron chi connectivity index (χ4n) is 5.08. The molecular weight excluding hydrogens is 504 g/mol. The van der Waals surface area contributed by atoms with Gasteiger partial charge in [-0.05, 0) is 67.6 Å². The number of piperazine rings is 1. The molecular formula is C31H32N6O3. The zero-order chi connectivity index (χ0) is 27.9. The second-order valence-corrected chi connectivity index (χ2v) is 9.92. The fraction of sp³-hybridized carbons (Fsp3) is 0.290. The molecule has 0 saturated carbocycles. The van der Waals surface area contributed by atoms with E-state index in [1.54, 1.807) is 30.3 Å². The van der Waals surface area contributed by atoms with Crippen molar-refractivity contribution in [2.75, 3.05) is 62.6 Å². The Kier molecular flexibility index (Phi) is 8.38. The number of anilines is 2. The van der Waals surface area contributed by atoms with Crippen molar-refractivity contribution < 1.29 is 14.4 Å². The van der Waals surface area contributed by atoms with Gasteiger partial charge in [0, 0.05) is 62.5 Å². The minimum Gasteiger partial charge on any atom is -0.366 e. The molecule has 3 aromatic rings. The van der Waals surface area contributed by atoms with Crippen LogP contribution in [0.1, 0.15) is 43.1 Å². The summed E-state index contributed by atoms with van der Waals surface area (Å²) in [5.74, 6) is -0.392. The number of benzene rings is 3. The summed E-state index contributed by atoms with van der Waals surface area (Å²) >= 11 is 0. The number of nitriles is 1. The van der Waals surface area contributed by atoms with Crippen molar-refractivity contribution in [3.63, 3.8) is 0 Å². The minimum absolute atomic E-state index is 0.00229. The van der Waals surface area contributed by atoms with Gasteiger partial charge in [-0.2, -0.15) is 5.26 Å². The van der Waals surface area contributed by atoms with E-state index in [-0.39, 0.29) is 17.7 Å². The van der Waals surface area contributed by atoms with Gasteiger partial charge >= 0.3 is 0 Å². The molecule has 2 aliphatic rings. The lowest BCUT2D eigenvalue weighted by Crippen LogP contribution is -2.49. The van der Waals surface area contributed by atoms with Crippen LogP contribution in [-0.2, 0) is 0 Å². The first-order valence-corrected chi connectivity index (χ1v) is 13.6. The molecule has 3 aromatic carbocycles. The van der Waals surface area contributed by atoms with Gasteiger partial charge in [0.15, 0.2) is 0 Å². The second kappa shape index (κ2) is 12.5. The molecule has 9 heteroatoms. The third kappa shape index (κ3) is 6.14. The molecule has 0 spiro atoms. The summed E-state index contributed by atoms with van der Waals surface area (Å²) < 4.78 is 0. The van der Waals surface area contributed by atoms with Gasteiger partial charge < -0.3 is 25.3 Å². The Morgan fingerprint density at radius 2 is 1.40 bits per heavy atom. The van der Waals surface area contributed by atoms with E-state index in [0.717, 1.165) is 25.2 Å². The minimum atomic E-state index is -0.327. The van der Waals surface area contributed by atoms with Crippen LogP contribution in [0.2, 0.25) is 0 Å². The van der Waals surface area contributed by atoms with Gasteiger partial charge in [-0.25, -0.2) is 0 Å². The lowest BCUT2D eigenvalue weighted by molar-refractivity contribution is 0.0743. The zero-order valence-electron chi connectivity index (χ0n) is 22.3. The standard InChI is InChI=1S/C31H32N6O3/c32-22-23-7-9-24(10-8-23)29(38)34-27-21-26(31(40)36-15-4-13-33-14-16-36)11-12-28(27)35-17-19-37(20-18-35)30(39)25-5-2-1-3-6-25/h1-3,5-12,21,33H,4,13-20H2,(H,34,38). The fourth-order valence-corrected chi connectivity index (χ4v) is 5.08. The van der Waals surface area contributed by atoms with Crippen LogP contribution in [0.15, 0.2) is 72.8 Å². The van der Waals surface area contributed by atoms with E-state index in [0.29, 0.717) is 67.2 Å². The molecule has 0 aromatic heterocycles. The third-order valence-corrected chi connectivity index (χ3v) is 7.32. The van der Waals surface area contributed by atoms with Crippen LogP contribution in [0.5, 0.6) is 0 Å². The normalized spacial score (nSPS) is 15.6. The summed E-state index contributed by atoms with van der Waals surface area (Å²) in [6.45, 7) is 5.19. The molecule has 2 aliphatic heterocycles. The highest BCUT2D eigenvalue weighted by atomic mass is 16.2. The van der Waals surface area contributed by atoms with E-state index in [2.05, 4.69) is 21.6 Å². The number of nitrogens with zero attached hydrogens (tertiary/aromatic N) is 4. The first-order valence-electron chi connectivity index (χ1n) is 13.6. The van der Waals surface area contributed by atoms with Crippen molar-refractivity contribution in [3.8, 4) is 6.07 Å². The lowest BCUT2D eigenvalue weighted by atomic mass is 10.1. The first kappa shape index (κ1) is 26.9. The highest BCUT2D eigenvalue weighted by molar-refractivity contribution is 6.07. The summed E-state index contributed by atoms with van der Waals surface area (Å²) in [7, 11) is 0. The molecule has 2 saturated heterocycles. The van der Waals surface area contributed by atoms with E-state index in [4.69, 9.17) is 5.26 Å². The number of rotatable bonds is 5. The summed E-state index contributed by atoms with van der Waals surface area (Å²) in [6, 6.07) is 23.2. The number of nitrogens with one attached hydrogen (secondary N) is 2. The maximum absolute atomic E-state index is 13.4. The number of carbonyl (C=O) groups excluding carboxylic acids is 3. The van der Waals surface area contributed by atoms with Crippen LogP contribution in [-0.4, -0.2) is 79.9 Å². The predicted octanol–water partition coefficient (Wildman–Crippen LogP) is 3.21. The molecule has 2 N–H and O–H groups in total. The number of hydrogen-bond acceptors (Lipinski definition) is 6. The van der Waals surface area contributed by atoms with Crippen LogP contribution in [0.3, 0.4) is 0 Å². The van der Waals surface area contributed by atoms with Gasteiger partial charge in [0.1, 0.15) is 0 Å². The molecule has 0 bridgehead atoms. The third-order valence-electron chi connectivity index (χ3n) is 7.32. The van der Waals surface area contributed by atoms with Crippen molar-refractivity contribution in [2.45, 2.75) is 6.42 Å². The smallest absolute Gasteiger partial charge is 0.255 e. The van der Waals surface area contributed by atoms with Gasteiger partial charge in [-0.1, -0.05) is 18.2 Å². The summed E-state index contributed by atoms with van der Waals surface area (Å²) in [5, 5.41) is 15.4. The molecule has 5 rings (SSSR count). The summed E-state index contributed by atoms with van der Waals surface area (Å²) in [6.07, 6.45) is 0.887. The maximum atomic E-state index is 13.4. The molecule has 204 valence electrons. The van der Waals surface area contributed by atoms with Crippen molar-refractivity contribution in [2.24, 2.45) is 0 Å². The quantitative estimate of drug-likeness (QED) is 0.519. The molecule has 2 fully saturated rings. The van der Waals surface area contributed by atoms with Crippen LogP contribution >= 0.6 is 0 Å². The Labute approximate surface area is 234 Å². The largest absolute Gasteiger partial charge is 0.366 e. The van der Waals surface area contributed by atoms with Crippen molar-refractivity contribution in [1.82, 2.24) is 15.1 Å². The molecule has 0 aliphatic carbocycles. The van der Waals surface area contributed by atoms with Crippen molar-refractivity contribution in [3.05, 3.63) is 95.1 Å². The zero-order valence-corrected chi connectivity index (χ0v) is 22.3. The Balaban J connectivity index is 1.37. The first-order chi connectivity index (χ1) is 19.5. The van der Waals surface area contributed by atoms with Crippen LogP contribution in [0.4, 0.5) is 11.4 Å². The van der Waals surface area contributed by atoms with E-state index in [1.807, 2.05) is 52.3 Å². The molecule has 2 heterocycles. The highest BCUT2D eigenvalue weighted by Crippen LogP contribution is 2.30. The molecule has 0 unspecified atom stereocenters. The van der Waals surface area contributed by atoms with E-state index < -0.39 is 0 Å². The topological polar surface area (TPSA) is 109 Å². The Morgan fingerprint density at radius 1 is 0.725 bits per heavy atom.